The number of nitrogens with one attached hydrogen (secondary N) is 1. The van der Waals surface area contributed by atoms with Gasteiger partial charge in [-0.2, -0.15) is 0 Å². The van der Waals surface area contributed by atoms with Crippen LogP contribution < -0.4 is 5.32 Å². The fourth-order valence-electron chi connectivity index (χ4n) is 1.34. The highest BCUT2D eigenvalue weighted by Crippen LogP contribution is 2.10. The van der Waals surface area contributed by atoms with Gasteiger partial charge in [0, 0.05) is 18.0 Å². The summed E-state index contributed by atoms with van der Waals surface area (Å²) in [5, 5.41) is 2.11. The minimum atomic E-state index is -0.497. The van der Waals surface area contributed by atoms with Gasteiger partial charge in [0.2, 0.25) is 5.91 Å². The number of pyridine rings is 1. The van der Waals surface area contributed by atoms with E-state index >= 15 is 0 Å². The molecule has 78 valence electrons. The predicted molar refractivity (Wildman–Crippen MR) is 48.1 cm³/mol. The van der Waals surface area contributed by atoms with Gasteiger partial charge in [-0.05, 0) is 6.07 Å². The number of rotatable bonds is 2. The van der Waals surface area contributed by atoms with E-state index in [9.17, 15) is 14.0 Å². The van der Waals surface area contributed by atoms with Crippen LogP contribution >= 0.6 is 0 Å². The Balaban J connectivity index is 2.13. The topological polar surface area (TPSA) is 62.3 Å². The Bertz CT molecular complexity index is 422. The number of hydrogen-bond acceptors (Lipinski definition) is 3. The number of carbonyl (C=O) groups is 2. The summed E-state index contributed by atoms with van der Waals surface area (Å²) in [5.41, 5.74) is 0.294. The Hall–Kier alpha value is -1.98. The second kappa shape index (κ2) is 3.64. The summed E-state index contributed by atoms with van der Waals surface area (Å²) in [6.07, 6.45) is 2.67. The van der Waals surface area contributed by atoms with E-state index in [0.717, 1.165) is 0 Å². The van der Waals surface area contributed by atoms with Crippen molar-refractivity contribution in [1.29, 1.82) is 0 Å². The first-order chi connectivity index (χ1) is 7.16. The number of nitrogens with zero attached hydrogens (tertiary/aromatic N) is 2. The largest absolute Gasteiger partial charge is 0.324 e. The lowest BCUT2D eigenvalue weighted by Gasteiger charge is -2.12. The molecule has 1 aromatic rings. The average molecular weight is 209 g/mol. The number of carbonyl (C=O) groups excluding carboxylic acids is 2. The molecule has 1 fully saturated rings. The van der Waals surface area contributed by atoms with E-state index < -0.39 is 11.8 Å². The van der Waals surface area contributed by atoms with Gasteiger partial charge in [0.25, 0.3) is 0 Å². The molecule has 0 aromatic carbocycles. The van der Waals surface area contributed by atoms with Crippen LogP contribution in [0, 0.1) is 5.82 Å². The summed E-state index contributed by atoms with van der Waals surface area (Å²) in [6, 6.07) is 0.716. The molecule has 5 nitrogen and oxygen atoms in total. The molecule has 0 radical (unpaired) electrons. The summed E-state index contributed by atoms with van der Waals surface area (Å²) >= 11 is 0. The highest BCUT2D eigenvalue weighted by Gasteiger charge is 2.27. The van der Waals surface area contributed by atoms with Crippen LogP contribution in [0.15, 0.2) is 18.5 Å². The van der Waals surface area contributed by atoms with Gasteiger partial charge in [-0.1, -0.05) is 0 Å². The minimum absolute atomic E-state index is 0.0346. The van der Waals surface area contributed by atoms with E-state index in [1.54, 1.807) is 0 Å². The second-order valence-electron chi connectivity index (χ2n) is 3.18. The highest BCUT2D eigenvalue weighted by molar-refractivity contribution is 6.01. The standard InChI is InChI=1S/C9H8FN3O2/c10-7-1-2-11-3-6(7)4-13-5-8(14)12-9(13)15/h1-3H,4-5H2,(H,12,14,15). The molecule has 0 bridgehead atoms. The molecule has 15 heavy (non-hydrogen) atoms. The summed E-state index contributed by atoms with van der Waals surface area (Å²) in [5.74, 6) is -0.804. The molecule has 1 aromatic heterocycles. The molecule has 0 saturated carbocycles. The minimum Gasteiger partial charge on any atom is -0.311 e. The molecule has 6 heteroatoms. The van der Waals surface area contributed by atoms with Crippen LogP contribution in [-0.4, -0.2) is 28.4 Å². The molecule has 1 saturated heterocycles. The van der Waals surface area contributed by atoms with Crippen molar-refractivity contribution in [2.75, 3.05) is 6.54 Å². The number of aromatic nitrogens is 1. The monoisotopic (exact) mass is 209 g/mol. The Morgan fingerprint density at radius 3 is 2.93 bits per heavy atom. The van der Waals surface area contributed by atoms with Gasteiger partial charge in [-0.3, -0.25) is 15.1 Å². The molecule has 0 aliphatic carbocycles. The summed E-state index contributed by atoms with van der Waals surface area (Å²) in [6.45, 7) is 0.0183. The van der Waals surface area contributed by atoms with Crippen molar-refractivity contribution in [3.8, 4) is 0 Å². The third kappa shape index (κ3) is 1.93. The zero-order valence-corrected chi connectivity index (χ0v) is 7.74. The van der Waals surface area contributed by atoms with E-state index in [4.69, 9.17) is 0 Å². The summed E-state index contributed by atoms with van der Waals surface area (Å²) in [7, 11) is 0. The van der Waals surface area contributed by atoms with Gasteiger partial charge in [0.15, 0.2) is 0 Å². The van der Waals surface area contributed by atoms with Crippen molar-refractivity contribution in [2.24, 2.45) is 0 Å². The SMILES string of the molecule is O=C1CN(Cc2cnccc2F)C(=O)N1. The summed E-state index contributed by atoms with van der Waals surface area (Å²) in [4.78, 5) is 27.0. The van der Waals surface area contributed by atoms with Crippen molar-refractivity contribution in [3.05, 3.63) is 29.8 Å². The Labute approximate surface area is 84.9 Å². The van der Waals surface area contributed by atoms with E-state index in [1.165, 1.54) is 23.4 Å². The second-order valence-corrected chi connectivity index (χ2v) is 3.18. The fraction of sp³-hybridized carbons (Fsp3) is 0.222. The molecule has 1 N–H and O–H groups in total. The lowest BCUT2D eigenvalue weighted by molar-refractivity contribution is -0.118. The Morgan fingerprint density at radius 2 is 2.33 bits per heavy atom. The molecule has 3 amide bonds. The molecule has 2 rings (SSSR count). The number of amides is 3. The average Bonchev–Trinajstić information content (AvgIpc) is 2.49. The lowest BCUT2D eigenvalue weighted by Crippen LogP contribution is -2.28. The summed E-state index contributed by atoms with van der Waals surface area (Å²) < 4.78 is 13.2. The Kier molecular flexibility index (Phi) is 2.32. The molecule has 0 atom stereocenters. The van der Waals surface area contributed by atoms with Crippen molar-refractivity contribution >= 4 is 11.9 Å². The van der Waals surface area contributed by atoms with E-state index in [2.05, 4.69) is 10.3 Å². The zero-order valence-electron chi connectivity index (χ0n) is 7.74. The van der Waals surface area contributed by atoms with Gasteiger partial charge in [0.1, 0.15) is 12.4 Å². The van der Waals surface area contributed by atoms with Crippen LogP contribution in [0.2, 0.25) is 0 Å². The van der Waals surface area contributed by atoms with Gasteiger partial charge >= 0.3 is 6.03 Å². The first kappa shape index (κ1) is 9.57. The third-order valence-corrected chi connectivity index (χ3v) is 2.07. The lowest BCUT2D eigenvalue weighted by atomic mass is 10.2. The fourth-order valence-corrected chi connectivity index (χ4v) is 1.34. The molecule has 1 aliphatic rings. The van der Waals surface area contributed by atoms with Gasteiger partial charge in [-0.15, -0.1) is 0 Å². The normalized spacial score (nSPS) is 15.7. The van der Waals surface area contributed by atoms with Crippen LogP contribution in [0.4, 0.5) is 9.18 Å². The zero-order chi connectivity index (χ0) is 10.8. The number of hydrogen-bond donors (Lipinski definition) is 1. The van der Waals surface area contributed by atoms with E-state index in [0.29, 0.717) is 5.56 Å². The maximum Gasteiger partial charge on any atom is 0.324 e. The predicted octanol–water partition coefficient (Wildman–Crippen LogP) is 0.273. The van der Waals surface area contributed by atoms with E-state index in [-0.39, 0.29) is 19.0 Å². The van der Waals surface area contributed by atoms with Crippen molar-refractivity contribution in [3.63, 3.8) is 0 Å². The van der Waals surface area contributed by atoms with Crippen LogP contribution in [0.1, 0.15) is 5.56 Å². The first-order valence-electron chi connectivity index (χ1n) is 4.34. The highest BCUT2D eigenvalue weighted by atomic mass is 19.1. The van der Waals surface area contributed by atoms with Gasteiger partial charge in [-0.25, -0.2) is 9.18 Å². The van der Waals surface area contributed by atoms with Crippen LogP contribution in [0.5, 0.6) is 0 Å². The molecular formula is C9H8FN3O2. The quantitative estimate of drug-likeness (QED) is 0.711. The maximum atomic E-state index is 13.2. The van der Waals surface area contributed by atoms with E-state index in [1.807, 2.05) is 0 Å². The number of halogens is 1. The van der Waals surface area contributed by atoms with Gasteiger partial charge < -0.3 is 4.90 Å². The van der Waals surface area contributed by atoms with Gasteiger partial charge in [0.05, 0.1) is 6.54 Å². The smallest absolute Gasteiger partial charge is 0.311 e. The molecule has 2 heterocycles. The van der Waals surface area contributed by atoms with Crippen molar-refractivity contribution in [2.45, 2.75) is 6.54 Å². The number of imide groups is 1. The van der Waals surface area contributed by atoms with Crippen molar-refractivity contribution in [1.82, 2.24) is 15.2 Å². The first-order valence-corrected chi connectivity index (χ1v) is 4.34. The number of urea groups is 1. The van der Waals surface area contributed by atoms with Crippen LogP contribution in [0.25, 0.3) is 0 Å². The Morgan fingerprint density at radius 1 is 1.53 bits per heavy atom. The maximum absolute atomic E-state index is 13.2. The van der Waals surface area contributed by atoms with Crippen LogP contribution in [-0.2, 0) is 11.3 Å². The van der Waals surface area contributed by atoms with Crippen LogP contribution in [0.3, 0.4) is 0 Å². The molecule has 0 spiro atoms. The molecular weight excluding hydrogens is 201 g/mol. The van der Waals surface area contributed by atoms with Crippen molar-refractivity contribution < 1.29 is 14.0 Å². The third-order valence-electron chi connectivity index (χ3n) is 2.07. The molecule has 1 aliphatic heterocycles. The molecule has 0 unspecified atom stereocenters.